The molecule has 1 fully saturated rings. The van der Waals surface area contributed by atoms with Gasteiger partial charge in [-0.25, -0.2) is 0 Å². The molecule has 1 aliphatic rings. The highest BCUT2D eigenvalue weighted by Gasteiger charge is 2.13. The molecule has 0 aliphatic carbocycles. The van der Waals surface area contributed by atoms with Gasteiger partial charge in [0.05, 0.1) is 0 Å². The molecule has 0 aromatic heterocycles. The van der Waals surface area contributed by atoms with Crippen molar-refractivity contribution >= 4 is 6.29 Å². The molecule has 0 saturated carbocycles. The monoisotopic (exact) mass is 173 g/mol. The predicted octanol–water partition coefficient (Wildman–Crippen LogP) is 2.19. The zero-order valence-electron chi connectivity index (χ0n) is 9.13. The third kappa shape index (κ3) is 9.63. The van der Waals surface area contributed by atoms with E-state index in [0.717, 1.165) is 12.2 Å². The van der Waals surface area contributed by atoms with Gasteiger partial charge < -0.3 is 9.69 Å². The van der Waals surface area contributed by atoms with Gasteiger partial charge in [0.1, 0.15) is 6.29 Å². The lowest BCUT2D eigenvalue weighted by Gasteiger charge is -2.03. The Kier molecular flexibility index (Phi) is 12.6. The van der Waals surface area contributed by atoms with Crippen molar-refractivity contribution in [2.45, 2.75) is 34.1 Å². The van der Waals surface area contributed by atoms with Gasteiger partial charge in [-0.15, -0.1) is 0 Å². The number of carbonyl (C=O) groups excluding carboxylic acids is 1. The van der Waals surface area contributed by atoms with Gasteiger partial charge in [0.25, 0.3) is 0 Å². The molecule has 1 saturated heterocycles. The fraction of sp³-hybridized carbons (Fsp3) is 0.900. The standard InChI is InChI=1S/C6H13N.C2H4O.C2H6/c1-6-3-4-7(2)5-6;1-2-3;1-2/h6H,3-5H2,1-2H3;2H,1H3;1-2H3. The van der Waals surface area contributed by atoms with Gasteiger partial charge in [0, 0.05) is 6.54 Å². The first-order chi connectivity index (χ1) is 5.70. The van der Waals surface area contributed by atoms with Crippen LogP contribution < -0.4 is 0 Å². The predicted molar refractivity (Wildman–Crippen MR) is 54.4 cm³/mol. The number of aldehydes is 1. The number of hydrogen-bond donors (Lipinski definition) is 0. The highest BCUT2D eigenvalue weighted by molar-refractivity contribution is 5.44. The normalized spacial score (nSPS) is 21.6. The Morgan fingerprint density at radius 2 is 1.83 bits per heavy atom. The van der Waals surface area contributed by atoms with E-state index in [0.29, 0.717) is 0 Å². The quantitative estimate of drug-likeness (QED) is 0.523. The van der Waals surface area contributed by atoms with Crippen LogP contribution in [0.2, 0.25) is 0 Å². The fourth-order valence-electron chi connectivity index (χ4n) is 1.16. The average Bonchev–Trinajstić information content (AvgIpc) is 2.40. The van der Waals surface area contributed by atoms with Crippen molar-refractivity contribution in [1.82, 2.24) is 4.90 Å². The van der Waals surface area contributed by atoms with Crippen LogP contribution in [0.1, 0.15) is 34.1 Å². The Balaban J connectivity index is 0. The molecule has 0 aromatic carbocycles. The molecule has 0 radical (unpaired) electrons. The number of rotatable bonds is 0. The van der Waals surface area contributed by atoms with E-state index in [1.54, 1.807) is 0 Å². The van der Waals surface area contributed by atoms with E-state index in [2.05, 4.69) is 18.9 Å². The SMILES string of the molecule is CC.CC1CCN(C)C1.CC=O. The molecule has 1 aliphatic heterocycles. The van der Waals surface area contributed by atoms with Crippen LogP contribution >= 0.6 is 0 Å². The number of nitrogens with zero attached hydrogens (tertiary/aromatic N) is 1. The maximum absolute atomic E-state index is 8.81. The van der Waals surface area contributed by atoms with Crippen LogP contribution in [0, 0.1) is 5.92 Å². The summed E-state index contributed by atoms with van der Waals surface area (Å²) in [6, 6.07) is 0. The van der Waals surface area contributed by atoms with E-state index in [9.17, 15) is 0 Å². The Morgan fingerprint density at radius 1 is 1.42 bits per heavy atom. The van der Waals surface area contributed by atoms with Crippen LogP contribution in [-0.4, -0.2) is 31.3 Å². The molecule has 0 spiro atoms. The molecule has 0 bridgehead atoms. The van der Waals surface area contributed by atoms with E-state index < -0.39 is 0 Å². The molecule has 2 heteroatoms. The molecule has 74 valence electrons. The van der Waals surface area contributed by atoms with Crippen LogP contribution in [0.3, 0.4) is 0 Å². The molecule has 0 N–H and O–H groups in total. The van der Waals surface area contributed by atoms with E-state index in [4.69, 9.17) is 4.79 Å². The van der Waals surface area contributed by atoms with E-state index in [1.165, 1.54) is 26.4 Å². The first-order valence-electron chi connectivity index (χ1n) is 4.79. The average molecular weight is 173 g/mol. The van der Waals surface area contributed by atoms with Gasteiger partial charge in [0.2, 0.25) is 0 Å². The van der Waals surface area contributed by atoms with Crippen LogP contribution in [-0.2, 0) is 4.79 Å². The number of hydrogen-bond acceptors (Lipinski definition) is 2. The first-order valence-corrected chi connectivity index (χ1v) is 4.79. The molecular weight excluding hydrogens is 150 g/mol. The third-order valence-electron chi connectivity index (χ3n) is 1.63. The van der Waals surface area contributed by atoms with Gasteiger partial charge in [-0.3, -0.25) is 0 Å². The second-order valence-corrected chi connectivity index (χ2v) is 2.89. The molecule has 2 nitrogen and oxygen atoms in total. The third-order valence-corrected chi connectivity index (χ3v) is 1.63. The van der Waals surface area contributed by atoms with E-state index in [1.807, 2.05) is 13.8 Å². The minimum atomic E-state index is 0.750. The van der Waals surface area contributed by atoms with Crippen molar-refractivity contribution in [2.75, 3.05) is 20.1 Å². The molecule has 0 aromatic rings. The highest BCUT2D eigenvalue weighted by atomic mass is 16.1. The first kappa shape index (κ1) is 14.2. The Bertz CT molecular complexity index is 85.8. The van der Waals surface area contributed by atoms with E-state index in [-0.39, 0.29) is 0 Å². The summed E-state index contributed by atoms with van der Waals surface area (Å²) >= 11 is 0. The molecular formula is C10H23NO. The molecule has 1 rings (SSSR count). The molecule has 12 heavy (non-hydrogen) atoms. The number of likely N-dealkylation sites (tertiary alicyclic amines) is 1. The minimum Gasteiger partial charge on any atom is -0.306 e. The Morgan fingerprint density at radius 3 is 1.92 bits per heavy atom. The van der Waals surface area contributed by atoms with Gasteiger partial charge in [0.15, 0.2) is 0 Å². The van der Waals surface area contributed by atoms with E-state index >= 15 is 0 Å². The summed E-state index contributed by atoms with van der Waals surface area (Å²) in [5.41, 5.74) is 0. The smallest absolute Gasteiger partial charge is 0.116 e. The Labute approximate surface area is 77.0 Å². The summed E-state index contributed by atoms with van der Waals surface area (Å²) in [5, 5.41) is 0. The van der Waals surface area contributed by atoms with Gasteiger partial charge in [-0.1, -0.05) is 20.8 Å². The summed E-state index contributed by atoms with van der Waals surface area (Å²) in [6.45, 7) is 10.4. The van der Waals surface area contributed by atoms with Gasteiger partial charge in [-0.2, -0.15) is 0 Å². The lowest BCUT2D eigenvalue weighted by atomic mass is 10.2. The van der Waals surface area contributed by atoms with Crippen molar-refractivity contribution in [2.24, 2.45) is 5.92 Å². The second kappa shape index (κ2) is 10.6. The zero-order chi connectivity index (χ0) is 9.98. The molecule has 1 atom stereocenters. The van der Waals surface area contributed by atoms with Crippen LogP contribution in [0.25, 0.3) is 0 Å². The van der Waals surface area contributed by atoms with Crippen molar-refractivity contribution in [1.29, 1.82) is 0 Å². The molecule has 0 amide bonds. The van der Waals surface area contributed by atoms with Gasteiger partial charge >= 0.3 is 0 Å². The fourth-order valence-corrected chi connectivity index (χ4v) is 1.16. The molecule has 1 heterocycles. The zero-order valence-corrected chi connectivity index (χ0v) is 9.13. The van der Waals surface area contributed by atoms with Crippen molar-refractivity contribution in [3.05, 3.63) is 0 Å². The summed E-state index contributed by atoms with van der Waals surface area (Å²) in [5.74, 6) is 0.949. The summed E-state index contributed by atoms with van der Waals surface area (Å²) < 4.78 is 0. The van der Waals surface area contributed by atoms with Crippen LogP contribution in [0.4, 0.5) is 0 Å². The minimum absolute atomic E-state index is 0.750. The lowest BCUT2D eigenvalue weighted by Crippen LogP contribution is -2.12. The number of carbonyl (C=O) groups is 1. The van der Waals surface area contributed by atoms with Gasteiger partial charge in [-0.05, 0) is 32.9 Å². The topological polar surface area (TPSA) is 20.3 Å². The molecule has 1 unspecified atom stereocenters. The summed E-state index contributed by atoms with van der Waals surface area (Å²) in [6.07, 6.45) is 2.15. The van der Waals surface area contributed by atoms with Crippen molar-refractivity contribution in [3.63, 3.8) is 0 Å². The lowest BCUT2D eigenvalue weighted by molar-refractivity contribution is -0.106. The second-order valence-electron chi connectivity index (χ2n) is 2.89. The maximum Gasteiger partial charge on any atom is 0.116 e. The highest BCUT2D eigenvalue weighted by Crippen LogP contribution is 2.11. The Hall–Kier alpha value is -0.370. The largest absolute Gasteiger partial charge is 0.306 e. The van der Waals surface area contributed by atoms with Crippen molar-refractivity contribution < 1.29 is 4.79 Å². The maximum atomic E-state index is 8.81. The van der Waals surface area contributed by atoms with Crippen LogP contribution in [0.5, 0.6) is 0 Å². The van der Waals surface area contributed by atoms with Crippen LogP contribution in [0.15, 0.2) is 0 Å². The summed E-state index contributed by atoms with van der Waals surface area (Å²) in [4.78, 5) is 11.2. The summed E-state index contributed by atoms with van der Waals surface area (Å²) in [7, 11) is 2.18. The van der Waals surface area contributed by atoms with Crippen molar-refractivity contribution in [3.8, 4) is 0 Å².